The predicted molar refractivity (Wildman–Crippen MR) is 156 cm³/mol. The van der Waals surface area contributed by atoms with Crippen molar-refractivity contribution in [1.82, 2.24) is 5.32 Å². The van der Waals surface area contributed by atoms with Crippen molar-refractivity contribution in [2.75, 3.05) is 20.2 Å². The standard InChI is InChI=1S/C33H40N2O3/c1-5-21-33(22-14-23-35-33)32(3,38-30-20-13-12-19-29(30)37-4)31(2,36)25-34-24-28(26-15-8-6-9-16-26)27-17-10-7-11-18-27/h6-20,22-23,28,34,36H,5,21,24-25H2,1-4H3. The highest BCUT2D eigenvalue weighted by Crippen LogP contribution is 2.46. The van der Waals surface area contributed by atoms with E-state index in [1.807, 2.05) is 62.5 Å². The van der Waals surface area contributed by atoms with Gasteiger partial charge in [0.2, 0.25) is 0 Å². The highest BCUT2D eigenvalue weighted by Gasteiger charge is 2.59. The van der Waals surface area contributed by atoms with Gasteiger partial charge in [0.1, 0.15) is 11.1 Å². The summed E-state index contributed by atoms with van der Waals surface area (Å²) in [6.45, 7) is 6.91. The molecule has 5 nitrogen and oxygen atoms in total. The van der Waals surface area contributed by atoms with Crippen molar-refractivity contribution >= 4 is 6.21 Å². The smallest absolute Gasteiger partial charge is 0.164 e. The van der Waals surface area contributed by atoms with Crippen LogP contribution in [0.3, 0.4) is 0 Å². The molecule has 1 aliphatic rings. The molecular weight excluding hydrogens is 472 g/mol. The molecule has 2 N–H and O–H groups in total. The number of benzene rings is 3. The minimum absolute atomic E-state index is 0.142. The van der Waals surface area contributed by atoms with Crippen LogP contribution in [0.1, 0.15) is 50.7 Å². The van der Waals surface area contributed by atoms with Gasteiger partial charge in [-0.05, 0) is 49.6 Å². The topological polar surface area (TPSA) is 63.1 Å². The zero-order valence-electron chi connectivity index (χ0n) is 22.9. The first-order valence-corrected chi connectivity index (χ1v) is 13.4. The van der Waals surface area contributed by atoms with Gasteiger partial charge >= 0.3 is 0 Å². The first-order valence-electron chi connectivity index (χ1n) is 13.4. The fourth-order valence-corrected chi connectivity index (χ4v) is 5.49. The molecule has 5 heteroatoms. The van der Waals surface area contributed by atoms with Crippen LogP contribution in [0.5, 0.6) is 11.5 Å². The van der Waals surface area contributed by atoms with Crippen molar-refractivity contribution in [3.05, 3.63) is 108 Å². The third kappa shape index (κ3) is 5.54. The van der Waals surface area contributed by atoms with Gasteiger partial charge in [-0.1, -0.05) is 92.2 Å². The molecule has 1 aliphatic heterocycles. The molecule has 3 atom stereocenters. The van der Waals surface area contributed by atoms with Gasteiger partial charge in [0.05, 0.1) is 7.11 Å². The van der Waals surface area contributed by atoms with Gasteiger partial charge in [-0.15, -0.1) is 0 Å². The van der Waals surface area contributed by atoms with Crippen molar-refractivity contribution in [3.8, 4) is 11.5 Å². The van der Waals surface area contributed by atoms with E-state index in [2.05, 4.69) is 66.8 Å². The minimum atomic E-state index is -1.30. The average Bonchev–Trinajstić information content (AvgIpc) is 3.43. The summed E-state index contributed by atoms with van der Waals surface area (Å²) in [5.74, 6) is 1.34. The number of rotatable bonds is 13. The minimum Gasteiger partial charge on any atom is -0.493 e. The summed E-state index contributed by atoms with van der Waals surface area (Å²) in [7, 11) is 1.63. The molecule has 0 spiro atoms. The molecule has 3 aromatic carbocycles. The normalized spacial score (nSPS) is 19.7. The Labute approximate surface area is 227 Å². The second kappa shape index (κ2) is 12.0. The number of ether oxygens (including phenoxy) is 2. The summed E-state index contributed by atoms with van der Waals surface area (Å²) in [4.78, 5) is 4.90. The number of methoxy groups -OCH3 is 1. The second-order valence-electron chi connectivity index (χ2n) is 10.4. The number of para-hydroxylation sites is 2. The number of hydrogen-bond acceptors (Lipinski definition) is 5. The van der Waals surface area contributed by atoms with E-state index in [1.54, 1.807) is 7.11 Å². The van der Waals surface area contributed by atoms with Crippen molar-refractivity contribution < 1.29 is 14.6 Å². The second-order valence-corrected chi connectivity index (χ2v) is 10.4. The molecule has 200 valence electrons. The van der Waals surface area contributed by atoms with Gasteiger partial charge in [0.25, 0.3) is 0 Å². The largest absolute Gasteiger partial charge is 0.493 e. The number of aliphatic hydroxyl groups is 1. The Morgan fingerprint density at radius 3 is 2.00 bits per heavy atom. The highest BCUT2D eigenvalue weighted by atomic mass is 16.5. The van der Waals surface area contributed by atoms with Gasteiger partial charge < -0.3 is 19.9 Å². The van der Waals surface area contributed by atoms with Gasteiger partial charge in [0, 0.05) is 25.2 Å². The molecule has 3 unspecified atom stereocenters. The summed E-state index contributed by atoms with van der Waals surface area (Å²) in [6, 6.07) is 28.5. The Morgan fingerprint density at radius 2 is 1.47 bits per heavy atom. The van der Waals surface area contributed by atoms with E-state index >= 15 is 0 Å². The molecule has 0 saturated heterocycles. The third-order valence-electron chi connectivity index (χ3n) is 7.85. The van der Waals surface area contributed by atoms with E-state index in [4.69, 9.17) is 14.5 Å². The predicted octanol–water partition coefficient (Wildman–Crippen LogP) is 6.18. The molecule has 0 aromatic heterocycles. The molecule has 1 heterocycles. The SMILES string of the molecule is CCCC1(C(C)(Oc2ccccc2OC)C(C)(O)CNCC(c2ccccc2)c2ccccc2)C=CC=N1. The lowest BCUT2D eigenvalue weighted by molar-refractivity contribution is -0.142. The summed E-state index contributed by atoms with van der Waals surface area (Å²) >= 11 is 0. The van der Waals surface area contributed by atoms with Gasteiger partial charge in [0.15, 0.2) is 17.1 Å². The Kier molecular flexibility index (Phi) is 8.70. The Bertz CT molecular complexity index is 1170. The van der Waals surface area contributed by atoms with Crippen molar-refractivity contribution in [2.45, 2.75) is 56.3 Å². The van der Waals surface area contributed by atoms with Gasteiger partial charge in [-0.2, -0.15) is 0 Å². The number of nitrogens with one attached hydrogen (secondary N) is 1. The monoisotopic (exact) mass is 512 g/mol. The van der Waals surface area contributed by atoms with E-state index in [0.29, 0.717) is 24.6 Å². The summed E-state index contributed by atoms with van der Waals surface area (Å²) in [6.07, 6.45) is 7.45. The van der Waals surface area contributed by atoms with Crippen LogP contribution in [0.25, 0.3) is 0 Å². The van der Waals surface area contributed by atoms with Crippen LogP contribution in [0.15, 0.2) is 102 Å². The fourth-order valence-electron chi connectivity index (χ4n) is 5.49. The lowest BCUT2D eigenvalue weighted by atomic mass is 9.68. The number of nitrogens with zero attached hydrogens (tertiary/aromatic N) is 1. The first kappa shape index (κ1) is 27.6. The van der Waals surface area contributed by atoms with E-state index in [-0.39, 0.29) is 5.92 Å². The maximum Gasteiger partial charge on any atom is 0.164 e. The van der Waals surface area contributed by atoms with Crippen LogP contribution >= 0.6 is 0 Å². The summed E-state index contributed by atoms with van der Waals surface area (Å²) in [5, 5.41) is 15.8. The quantitative estimate of drug-likeness (QED) is 0.287. The first-order chi connectivity index (χ1) is 18.4. The fraction of sp³-hybridized carbons (Fsp3) is 0.364. The van der Waals surface area contributed by atoms with Crippen molar-refractivity contribution in [2.24, 2.45) is 4.99 Å². The summed E-state index contributed by atoms with van der Waals surface area (Å²) < 4.78 is 12.4. The lowest BCUT2D eigenvalue weighted by Crippen LogP contribution is -2.69. The molecule has 0 saturated carbocycles. The van der Waals surface area contributed by atoms with Crippen LogP contribution in [0.4, 0.5) is 0 Å². The van der Waals surface area contributed by atoms with Crippen molar-refractivity contribution in [1.29, 1.82) is 0 Å². The van der Waals surface area contributed by atoms with E-state index in [9.17, 15) is 5.11 Å². The lowest BCUT2D eigenvalue weighted by Gasteiger charge is -2.51. The molecular formula is C33H40N2O3. The Balaban J connectivity index is 1.64. The Hall–Kier alpha value is -3.41. The Morgan fingerprint density at radius 1 is 0.895 bits per heavy atom. The average molecular weight is 513 g/mol. The molecule has 0 amide bonds. The third-order valence-corrected chi connectivity index (χ3v) is 7.85. The van der Waals surface area contributed by atoms with E-state index in [0.717, 1.165) is 12.8 Å². The van der Waals surface area contributed by atoms with Crippen molar-refractivity contribution in [3.63, 3.8) is 0 Å². The van der Waals surface area contributed by atoms with Gasteiger partial charge in [-0.25, -0.2) is 0 Å². The molecule has 3 aromatic rings. The molecule has 0 fully saturated rings. The molecule has 0 radical (unpaired) electrons. The van der Waals surface area contributed by atoms with E-state index in [1.165, 1.54) is 11.1 Å². The van der Waals surface area contributed by atoms with E-state index < -0.39 is 16.7 Å². The van der Waals surface area contributed by atoms with Crippen LogP contribution < -0.4 is 14.8 Å². The zero-order valence-corrected chi connectivity index (χ0v) is 22.9. The maximum absolute atomic E-state index is 12.2. The summed E-state index contributed by atoms with van der Waals surface area (Å²) in [5.41, 5.74) is -0.677. The van der Waals surface area contributed by atoms with Crippen LogP contribution in [-0.4, -0.2) is 48.3 Å². The number of hydrogen-bond donors (Lipinski definition) is 2. The maximum atomic E-state index is 12.2. The van der Waals surface area contributed by atoms with Crippen LogP contribution in [0.2, 0.25) is 0 Å². The zero-order chi connectivity index (χ0) is 27.1. The van der Waals surface area contributed by atoms with Gasteiger partial charge in [-0.3, -0.25) is 4.99 Å². The molecule has 38 heavy (non-hydrogen) atoms. The number of aliphatic imine (C=N–C) groups is 1. The molecule has 0 aliphatic carbocycles. The van der Waals surface area contributed by atoms with Crippen LogP contribution in [0, 0.1) is 0 Å². The highest BCUT2D eigenvalue weighted by molar-refractivity contribution is 5.76. The van der Waals surface area contributed by atoms with Crippen LogP contribution in [-0.2, 0) is 0 Å². The number of allylic oxidation sites excluding steroid dienone is 1. The molecule has 0 bridgehead atoms. The molecule has 4 rings (SSSR count).